The second-order valence-corrected chi connectivity index (χ2v) is 8.52. The average molecular weight is 482 g/mol. The summed E-state index contributed by atoms with van der Waals surface area (Å²) in [5, 5.41) is 6.06. The van der Waals surface area contributed by atoms with Crippen LogP contribution in [0.4, 0.5) is 21.6 Å². The Balaban J connectivity index is 1.39. The number of halogens is 1. The number of hydrogen-bond donors (Lipinski definition) is 2. The Kier molecular flexibility index (Phi) is 7.71. The van der Waals surface area contributed by atoms with Crippen molar-refractivity contribution in [2.24, 2.45) is 5.92 Å². The fraction of sp³-hybridized carbons (Fsp3) is 0.360. The molecule has 0 radical (unpaired) electrons. The minimum Gasteiger partial charge on any atom is -0.491 e. The fourth-order valence-corrected chi connectivity index (χ4v) is 3.93. The van der Waals surface area contributed by atoms with Gasteiger partial charge in [-0.3, -0.25) is 9.59 Å². The van der Waals surface area contributed by atoms with Gasteiger partial charge in [0.2, 0.25) is 11.8 Å². The van der Waals surface area contributed by atoms with Crippen LogP contribution in [0.3, 0.4) is 0 Å². The number of methoxy groups -OCH3 is 1. The van der Waals surface area contributed by atoms with Gasteiger partial charge < -0.3 is 25.0 Å². The number of carbonyl (C=O) groups excluding carboxylic acids is 2. The lowest BCUT2D eigenvalue weighted by Gasteiger charge is -2.15. The van der Waals surface area contributed by atoms with Crippen molar-refractivity contribution in [2.75, 3.05) is 44.0 Å². The smallest absolute Gasteiger partial charge is 0.233 e. The zero-order valence-corrected chi connectivity index (χ0v) is 19.7. The number of nitrogens with one attached hydrogen (secondary N) is 2. The summed E-state index contributed by atoms with van der Waals surface area (Å²) in [5.74, 6) is 0.100. The highest BCUT2D eigenvalue weighted by molar-refractivity contribution is 6.03. The second kappa shape index (κ2) is 11.1. The first-order chi connectivity index (χ1) is 16.9. The molecule has 1 aliphatic heterocycles. The molecule has 1 saturated heterocycles. The monoisotopic (exact) mass is 481 g/mol. The predicted molar refractivity (Wildman–Crippen MR) is 130 cm³/mol. The number of amides is 2. The van der Waals surface area contributed by atoms with E-state index in [-0.39, 0.29) is 23.6 Å². The van der Waals surface area contributed by atoms with Crippen LogP contribution >= 0.6 is 0 Å². The van der Waals surface area contributed by atoms with Gasteiger partial charge in [0.25, 0.3) is 0 Å². The van der Waals surface area contributed by atoms with Gasteiger partial charge >= 0.3 is 0 Å². The van der Waals surface area contributed by atoms with E-state index in [1.54, 1.807) is 42.3 Å². The topological polar surface area (TPSA) is 106 Å². The van der Waals surface area contributed by atoms with Crippen LogP contribution in [-0.4, -0.2) is 60.1 Å². The Bertz CT molecular complexity index is 1200. The number of carbonyl (C=O) groups is 2. The lowest BCUT2D eigenvalue weighted by atomic mass is 10.2. The summed E-state index contributed by atoms with van der Waals surface area (Å²) in [6.07, 6.45) is 2.13. The first-order valence-corrected chi connectivity index (χ1v) is 11.4. The lowest BCUT2D eigenvalue weighted by Crippen LogP contribution is -2.31. The summed E-state index contributed by atoms with van der Waals surface area (Å²) in [6.45, 7) is 4.19. The standard InChI is InChI=1S/C25H28FN5O4/c1-16-7-8-31(14-16)23(33)13-22(32)29-17-3-5-18(6-4-17)30-25-24-20(26)11-19(35-10-9-34-2)12-21(24)27-15-28-25/h3-6,11-12,15-16H,7-10,13-14H2,1-2H3,(H,29,32)(H,27,28,30)/t16-/m1/s1. The van der Waals surface area contributed by atoms with Crippen molar-refractivity contribution in [1.29, 1.82) is 0 Å². The van der Waals surface area contributed by atoms with Gasteiger partial charge in [0, 0.05) is 43.7 Å². The molecule has 0 bridgehead atoms. The van der Waals surface area contributed by atoms with Gasteiger partial charge in [0.15, 0.2) is 0 Å². The molecule has 2 N–H and O–H groups in total. The number of benzene rings is 2. The number of rotatable bonds is 9. The van der Waals surface area contributed by atoms with Gasteiger partial charge in [-0.2, -0.15) is 0 Å². The molecule has 9 nitrogen and oxygen atoms in total. The molecule has 1 aliphatic rings. The summed E-state index contributed by atoms with van der Waals surface area (Å²) in [4.78, 5) is 34.6. The zero-order valence-electron chi connectivity index (χ0n) is 19.7. The molecular formula is C25H28FN5O4. The van der Waals surface area contributed by atoms with Crippen LogP contribution in [0.5, 0.6) is 5.75 Å². The highest BCUT2D eigenvalue weighted by Gasteiger charge is 2.24. The number of fused-ring (bicyclic) bond motifs is 1. The quantitative estimate of drug-likeness (QED) is 0.354. The number of hydrogen-bond acceptors (Lipinski definition) is 7. The Morgan fingerprint density at radius 1 is 1.14 bits per heavy atom. The highest BCUT2D eigenvalue weighted by Crippen LogP contribution is 2.29. The summed E-state index contributed by atoms with van der Waals surface area (Å²) in [7, 11) is 1.56. The SMILES string of the molecule is COCCOc1cc(F)c2c(Nc3ccc(NC(=O)CC(=O)N4CC[C@@H](C)C4)cc3)ncnc2c1. The van der Waals surface area contributed by atoms with E-state index in [9.17, 15) is 14.0 Å². The van der Waals surface area contributed by atoms with Gasteiger partial charge in [-0.15, -0.1) is 0 Å². The summed E-state index contributed by atoms with van der Waals surface area (Å²) in [6, 6.07) is 9.79. The number of nitrogens with zero attached hydrogens (tertiary/aromatic N) is 3. The minimum atomic E-state index is -0.515. The lowest BCUT2D eigenvalue weighted by molar-refractivity contribution is -0.133. The van der Waals surface area contributed by atoms with Crippen LogP contribution in [0.1, 0.15) is 19.8 Å². The third-order valence-electron chi connectivity index (χ3n) is 5.74. The van der Waals surface area contributed by atoms with Gasteiger partial charge in [-0.05, 0) is 36.6 Å². The van der Waals surface area contributed by atoms with Crippen molar-refractivity contribution in [3.63, 3.8) is 0 Å². The normalized spacial score (nSPS) is 15.3. The van der Waals surface area contributed by atoms with Gasteiger partial charge in [-0.25, -0.2) is 14.4 Å². The van der Waals surface area contributed by atoms with E-state index in [0.29, 0.717) is 60.7 Å². The first-order valence-electron chi connectivity index (χ1n) is 11.4. The highest BCUT2D eigenvalue weighted by atomic mass is 19.1. The van der Waals surface area contributed by atoms with Crippen molar-refractivity contribution >= 4 is 39.9 Å². The number of anilines is 3. The largest absolute Gasteiger partial charge is 0.491 e. The zero-order chi connectivity index (χ0) is 24.8. The molecular weight excluding hydrogens is 453 g/mol. The van der Waals surface area contributed by atoms with Crippen LogP contribution in [-0.2, 0) is 14.3 Å². The van der Waals surface area contributed by atoms with Gasteiger partial charge in [-0.1, -0.05) is 6.92 Å². The Morgan fingerprint density at radius 2 is 1.91 bits per heavy atom. The van der Waals surface area contributed by atoms with E-state index in [1.165, 1.54) is 12.4 Å². The van der Waals surface area contributed by atoms with E-state index in [4.69, 9.17) is 9.47 Å². The van der Waals surface area contributed by atoms with Crippen molar-refractivity contribution < 1.29 is 23.5 Å². The molecule has 2 heterocycles. The second-order valence-electron chi connectivity index (χ2n) is 8.52. The molecule has 35 heavy (non-hydrogen) atoms. The average Bonchev–Trinajstić information content (AvgIpc) is 3.27. The molecule has 1 aromatic heterocycles. The fourth-order valence-electron chi connectivity index (χ4n) is 3.93. The molecule has 0 saturated carbocycles. The Morgan fingerprint density at radius 3 is 2.63 bits per heavy atom. The van der Waals surface area contributed by atoms with E-state index in [1.807, 2.05) is 0 Å². The number of likely N-dealkylation sites (tertiary alicyclic amines) is 1. The molecule has 4 rings (SSSR count). The maximum Gasteiger partial charge on any atom is 0.233 e. The van der Waals surface area contributed by atoms with E-state index in [0.717, 1.165) is 6.42 Å². The first kappa shape index (κ1) is 24.3. The molecule has 10 heteroatoms. The van der Waals surface area contributed by atoms with Gasteiger partial charge in [0.1, 0.15) is 36.7 Å². The van der Waals surface area contributed by atoms with E-state index >= 15 is 0 Å². The molecule has 0 spiro atoms. The molecule has 184 valence electrons. The van der Waals surface area contributed by atoms with E-state index in [2.05, 4.69) is 27.5 Å². The summed E-state index contributed by atoms with van der Waals surface area (Å²) >= 11 is 0. The number of aromatic nitrogens is 2. The maximum absolute atomic E-state index is 14.9. The van der Waals surface area contributed by atoms with Gasteiger partial charge in [0.05, 0.1) is 17.5 Å². The van der Waals surface area contributed by atoms with Crippen LogP contribution in [0.2, 0.25) is 0 Å². The molecule has 0 unspecified atom stereocenters. The molecule has 3 aromatic rings. The minimum absolute atomic E-state index is 0.157. The van der Waals surface area contributed by atoms with Crippen LogP contribution in [0.25, 0.3) is 10.9 Å². The molecule has 1 fully saturated rings. The van der Waals surface area contributed by atoms with Crippen molar-refractivity contribution in [3.8, 4) is 5.75 Å². The third-order valence-corrected chi connectivity index (χ3v) is 5.74. The van der Waals surface area contributed by atoms with Crippen molar-refractivity contribution in [3.05, 3.63) is 48.5 Å². The van der Waals surface area contributed by atoms with Crippen LogP contribution in [0.15, 0.2) is 42.7 Å². The third kappa shape index (κ3) is 6.21. The van der Waals surface area contributed by atoms with Crippen LogP contribution < -0.4 is 15.4 Å². The van der Waals surface area contributed by atoms with Crippen LogP contribution in [0, 0.1) is 11.7 Å². The van der Waals surface area contributed by atoms with Crippen molar-refractivity contribution in [1.82, 2.24) is 14.9 Å². The molecule has 1 atom stereocenters. The van der Waals surface area contributed by atoms with Crippen molar-refractivity contribution in [2.45, 2.75) is 19.8 Å². The number of ether oxygens (including phenoxy) is 2. The molecule has 2 aromatic carbocycles. The predicted octanol–water partition coefficient (Wildman–Crippen LogP) is 3.73. The van der Waals surface area contributed by atoms with E-state index < -0.39 is 5.82 Å². The maximum atomic E-state index is 14.9. The molecule has 2 amide bonds. The molecule has 0 aliphatic carbocycles. The summed E-state index contributed by atoms with van der Waals surface area (Å²) < 4.78 is 25.3. The Labute approximate surface area is 202 Å². The summed E-state index contributed by atoms with van der Waals surface area (Å²) in [5.41, 5.74) is 1.60. The Hall–Kier alpha value is -3.79.